The van der Waals surface area contributed by atoms with Crippen LogP contribution in [0.15, 0.2) is 23.3 Å². The molecular weight excluding hydrogens is 1070 g/mol. The minimum atomic E-state index is -2.21. The van der Waals surface area contributed by atoms with Crippen LogP contribution in [0.25, 0.3) is 0 Å². The molecule has 1 heterocycles. The maximum atomic E-state index is 14.3. The van der Waals surface area contributed by atoms with Crippen LogP contribution in [0.2, 0.25) is 0 Å². The molecule has 1 aliphatic heterocycles. The van der Waals surface area contributed by atoms with Crippen molar-refractivity contribution >= 4 is 23.8 Å². The number of fused-ring (bicyclic) bond motifs is 5. The molecule has 14 nitrogen and oxygen atoms in total. The molecule has 2 bridgehead atoms. The molecule has 1 saturated heterocycles. The van der Waals surface area contributed by atoms with Gasteiger partial charge in [0.15, 0.2) is 11.9 Å². The van der Waals surface area contributed by atoms with Gasteiger partial charge in [-0.15, -0.1) is 0 Å². The van der Waals surface area contributed by atoms with Gasteiger partial charge in [0.1, 0.15) is 36.1 Å². The van der Waals surface area contributed by atoms with Gasteiger partial charge in [-0.1, -0.05) is 39.8 Å². The number of aliphatic hydroxyl groups is 5. The zero-order valence-corrected chi connectivity index (χ0v) is 38.8. The molecule has 2 radical (unpaired) electrons. The maximum absolute atomic E-state index is 14.3. The number of Topliss-reactive ketones (excluding diaryl/α,β-unsaturated/α-hetero) is 1. The van der Waals surface area contributed by atoms with Crippen LogP contribution in [0.3, 0.4) is 0 Å². The van der Waals surface area contributed by atoms with Crippen LogP contribution in [0.5, 0.6) is 0 Å². The van der Waals surface area contributed by atoms with E-state index in [2.05, 4.69) is 5.32 Å². The molecule has 4 rings (SSSR count). The van der Waals surface area contributed by atoms with Crippen LogP contribution in [0, 0.1) is 111 Å². The number of carbonyl (C=O) groups is 4. The van der Waals surface area contributed by atoms with Gasteiger partial charge in [-0.3, -0.25) is 9.59 Å². The number of esters is 2. The Morgan fingerprint density at radius 2 is 1.71 bits per heavy atom. The summed E-state index contributed by atoms with van der Waals surface area (Å²) < 4.78 is 22.1. The minimum absolute atomic E-state index is 0. The fraction of sp³-hybridized carbons (Fsp3) is 0.758. The number of hydrogen-bond acceptors (Lipinski definition) is 13. The van der Waals surface area contributed by atoms with Crippen LogP contribution in [0.1, 0.15) is 68.2 Å². The molecule has 0 aromatic heterocycles. The van der Waals surface area contributed by atoms with Gasteiger partial charge in [-0.2, -0.15) is 0 Å². The van der Waals surface area contributed by atoms with Crippen molar-refractivity contribution in [2.24, 2.45) is 22.7 Å². The van der Waals surface area contributed by atoms with Crippen LogP contribution in [0.4, 0.5) is 4.79 Å². The molecule has 49 heavy (non-hydrogen) atoms. The minimum Gasteiger partial charge on any atom is -0.459 e. The Balaban J connectivity index is 0.00000417. The number of carbonyl (C=O) groups excluding carboxylic acids is 4. The van der Waals surface area contributed by atoms with Gasteiger partial charge in [-0.05, 0) is 37.8 Å². The van der Waals surface area contributed by atoms with E-state index in [1.165, 1.54) is 13.8 Å². The van der Waals surface area contributed by atoms with Crippen molar-refractivity contribution in [1.29, 1.82) is 0 Å². The van der Waals surface area contributed by atoms with Gasteiger partial charge in [-0.25, -0.2) is 9.59 Å². The predicted molar refractivity (Wildman–Crippen MR) is 163 cm³/mol. The molecule has 16 heteroatoms. The number of nitrogens with one attached hydrogen (secondary N) is 1. The van der Waals surface area contributed by atoms with Crippen LogP contribution in [-0.2, 0) is 33.3 Å². The summed E-state index contributed by atoms with van der Waals surface area (Å²) in [6.07, 6.45) is -7.41. The second-order valence-electron chi connectivity index (χ2n) is 14.4. The van der Waals surface area contributed by atoms with Crippen LogP contribution >= 0.6 is 0 Å². The number of hydrogen-bond donors (Lipinski definition) is 6. The van der Waals surface area contributed by atoms with Crippen molar-refractivity contribution in [2.45, 2.75) is 122 Å². The molecule has 1 amide bonds. The standard InChI is InChI=1S/C33H49NO13.2Ac/c1-9-10-11-44-29(41)34-22(15(2)3)24(38)28(40)47-18-13-33(43)27(46-17(5)35)25-31(8,19(36)12-20-32(25,42)14-45-20)26(39)23(37)21(16(18)4)30(33,6)7;;/h9-10,15,18-20,22-25,27,36-38,42-43H,11-14H2,1-8H3,(H,34,41);;/b10-9+;;/t18-,19-,20+,22-,23+,24+,25-,27-,31+,32-,33+;;/m0../s1. The van der Waals surface area contributed by atoms with E-state index in [1.807, 2.05) is 0 Å². The van der Waals surface area contributed by atoms with Crippen molar-refractivity contribution < 1.29 is 152 Å². The molecule has 2 saturated carbocycles. The second-order valence-corrected chi connectivity index (χ2v) is 14.4. The van der Waals surface area contributed by atoms with E-state index < -0.39 is 107 Å². The summed E-state index contributed by atoms with van der Waals surface area (Å²) in [5.74, 6) is -4.80. The third kappa shape index (κ3) is 7.68. The molecule has 3 fully saturated rings. The first kappa shape index (κ1) is 45.2. The summed E-state index contributed by atoms with van der Waals surface area (Å²) in [4.78, 5) is 52.8. The zero-order valence-electron chi connectivity index (χ0n) is 29.3. The van der Waals surface area contributed by atoms with Gasteiger partial charge in [0.05, 0.1) is 30.3 Å². The molecule has 0 unspecified atom stereocenters. The Labute approximate surface area is 358 Å². The monoisotopic (exact) mass is 1120 g/mol. The van der Waals surface area contributed by atoms with Crippen molar-refractivity contribution in [2.75, 3.05) is 13.2 Å². The van der Waals surface area contributed by atoms with Gasteiger partial charge < -0.3 is 49.8 Å². The van der Waals surface area contributed by atoms with Crippen LogP contribution in [-0.4, -0.2) is 116 Å². The topological polar surface area (TPSA) is 218 Å². The summed E-state index contributed by atoms with van der Waals surface area (Å²) in [5.41, 5.74) is -7.27. The van der Waals surface area contributed by atoms with Crippen molar-refractivity contribution in [1.82, 2.24) is 5.32 Å². The van der Waals surface area contributed by atoms with E-state index in [4.69, 9.17) is 18.9 Å². The molecule has 6 N–H and O–H groups in total. The van der Waals surface area contributed by atoms with Gasteiger partial charge in [0, 0.05) is 119 Å². The summed E-state index contributed by atoms with van der Waals surface area (Å²) in [7, 11) is 0. The quantitative estimate of drug-likeness (QED) is 0.111. The molecule has 0 aromatic carbocycles. The molecule has 3 aliphatic carbocycles. The SMILES string of the molecule is C/C=C/COC(=O)N[C@@H](C(C)C)[C@@H](O)C(=O)O[C@H]1C[C@@]2(O)[C@@H](OC(C)=O)[C@@H]3[C@]4(O)CO[C@@H]4C[C@H](O)[C@@]3(C)C(=O)[C@H](O)C(=C1C)C2(C)C.[Ac].[Ac]. The summed E-state index contributed by atoms with van der Waals surface area (Å²) in [6, 6.07) is -1.14. The number of ketones is 1. The van der Waals surface area contributed by atoms with E-state index in [9.17, 15) is 44.7 Å². The summed E-state index contributed by atoms with van der Waals surface area (Å²) in [6.45, 7) is 11.8. The molecule has 0 spiro atoms. The van der Waals surface area contributed by atoms with Gasteiger partial charge >= 0.3 is 18.0 Å². The molecule has 0 aromatic rings. The van der Waals surface area contributed by atoms with Gasteiger partial charge in [0.2, 0.25) is 0 Å². The molecular formula is C33H49Ac2NO13. The van der Waals surface area contributed by atoms with Crippen molar-refractivity contribution in [3.8, 4) is 0 Å². The van der Waals surface area contributed by atoms with Gasteiger partial charge in [0.25, 0.3) is 0 Å². The smallest absolute Gasteiger partial charge is 0.407 e. The fourth-order valence-electron chi connectivity index (χ4n) is 8.16. The number of alkyl carbamates (subject to hydrolysis) is 1. The Hall–Kier alpha value is 0.00312. The largest absolute Gasteiger partial charge is 0.459 e. The third-order valence-corrected chi connectivity index (χ3v) is 11.1. The van der Waals surface area contributed by atoms with Crippen LogP contribution < -0.4 is 5.32 Å². The van der Waals surface area contributed by atoms with E-state index in [0.29, 0.717) is 0 Å². The summed E-state index contributed by atoms with van der Waals surface area (Å²) in [5, 5.41) is 61.4. The van der Waals surface area contributed by atoms with E-state index in [0.717, 1.165) is 6.92 Å². The molecule has 4 aliphatic rings. The Morgan fingerprint density at radius 3 is 2.22 bits per heavy atom. The first-order valence-electron chi connectivity index (χ1n) is 16.0. The predicted octanol–water partition coefficient (Wildman–Crippen LogP) is 0.456. The average molecular weight is 1120 g/mol. The average Bonchev–Trinajstić information content (AvgIpc) is 2.97. The first-order valence-corrected chi connectivity index (χ1v) is 16.0. The summed E-state index contributed by atoms with van der Waals surface area (Å²) >= 11 is 0. The third-order valence-electron chi connectivity index (χ3n) is 11.1. The fourth-order valence-corrected chi connectivity index (χ4v) is 8.16. The number of amides is 1. The van der Waals surface area contributed by atoms with E-state index in [-0.39, 0.29) is 119 Å². The van der Waals surface area contributed by atoms with Crippen molar-refractivity contribution in [3.05, 3.63) is 23.3 Å². The normalized spacial score (nSPS) is 37.5. The Bertz CT molecular complexity index is 1350. The number of allylic oxidation sites excluding steroid dienone is 1. The van der Waals surface area contributed by atoms with E-state index >= 15 is 0 Å². The number of rotatable bonds is 8. The second kappa shape index (κ2) is 16.6. The molecule has 270 valence electrons. The maximum Gasteiger partial charge on any atom is 0.407 e. The number of aliphatic hydroxyl groups excluding tert-OH is 3. The van der Waals surface area contributed by atoms with E-state index in [1.54, 1.807) is 46.8 Å². The Morgan fingerprint density at radius 1 is 1.10 bits per heavy atom. The zero-order chi connectivity index (χ0) is 35.4. The first-order chi connectivity index (χ1) is 21.7. The van der Waals surface area contributed by atoms with Crippen molar-refractivity contribution in [3.63, 3.8) is 0 Å². The Kier molecular flexibility index (Phi) is 15.3. The molecule has 11 atom stereocenters. The number of ether oxygens (including phenoxy) is 4.